The molecule has 90 valence electrons. The van der Waals surface area contributed by atoms with Gasteiger partial charge in [0.05, 0.1) is 0 Å². The predicted molar refractivity (Wildman–Crippen MR) is 68.8 cm³/mol. The molecule has 0 spiro atoms. The zero-order valence-corrected chi connectivity index (χ0v) is 10.7. The summed E-state index contributed by atoms with van der Waals surface area (Å²) in [4.78, 5) is 0. The van der Waals surface area contributed by atoms with Crippen LogP contribution in [0.15, 0.2) is 30.3 Å². The molecule has 1 aromatic rings. The molecule has 0 aliphatic rings. The van der Waals surface area contributed by atoms with Crippen molar-refractivity contribution in [1.29, 1.82) is 0 Å². The van der Waals surface area contributed by atoms with E-state index in [2.05, 4.69) is 33.0 Å². The molecule has 0 aliphatic carbocycles. The molecule has 0 bridgehead atoms. The lowest BCUT2D eigenvalue weighted by Gasteiger charge is -2.21. The van der Waals surface area contributed by atoms with Gasteiger partial charge >= 0.3 is 0 Å². The van der Waals surface area contributed by atoms with Gasteiger partial charge in [0.1, 0.15) is 11.9 Å². The van der Waals surface area contributed by atoms with Gasteiger partial charge in [0.15, 0.2) is 0 Å². The third-order valence-electron chi connectivity index (χ3n) is 2.81. The number of nitrogens with one attached hydrogen (secondary N) is 1. The van der Waals surface area contributed by atoms with Crippen molar-refractivity contribution in [2.45, 2.75) is 39.8 Å². The van der Waals surface area contributed by atoms with Gasteiger partial charge in [-0.25, -0.2) is 0 Å². The summed E-state index contributed by atoms with van der Waals surface area (Å²) >= 11 is 0. The Bertz CT molecular complexity index is 284. The minimum atomic E-state index is 0.198. The molecule has 0 fully saturated rings. The lowest BCUT2D eigenvalue weighted by molar-refractivity contribution is 0.207. The van der Waals surface area contributed by atoms with Crippen molar-refractivity contribution in [2.24, 2.45) is 5.92 Å². The van der Waals surface area contributed by atoms with Crippen LogP contribution in [-0.4, -0.2) is 18.7 Å². The summed E-state index contributed by atoms with van der Waals surface area (Å²) in [5, 5.41) is 3.48. The van der Waals surface area contributed by atoms with Crippen LogP contribution >= 0.6 is 0 Å². The van der Waals surface area contributed by atoms with E-state index in [1.807, 2.05) is 30.3 Å². The molecule has 1 aromatic carbocycles. The molecule has 0 aliphatic heterocycles. The van der Waals surface area contributed by atoms with E-state index >= 15 is 0 Å². The Morgan fingerprint density at radius 1 is 1.06 bits per heavy atom. The Morgan fingerprint density at radius 2 is 1.69 bits per heavy atom. The van der Waals surface area contributed by atoms with Gasteiger partial charge in [-0.2, -0.15) is 0 Å². The number of ether oxygens (including phenoxy) is 1. The summed E-state index contributed by atoms with van der Waals surface area (Å²) in [6.45, 7) is 9.63. The van der Waals surface area contributed by atoms with Crippen molar-refractivity contribution in [3.8, 4) is 5.75 Å². The highest BCUT2D eigenvalue weighted by Crippen LogP contribution is 2.10. The average Bonchev–Trinajstić information content (AvgIpc) is 2.27. The Balaban J connectivity index is 2.29. The summed E-state index contributed by atoms with van der Waals surface area (Å²) < 4.78 is 5.78. The molecule has 0 aromatic heterocycles. The third kappa shape index (κ3) is 4.67. The fourth-order valence-corrected chi connectivity index (χ4v) is 1.36. The first-order valence-corrected chi connectivity index (χ1v) is 6.04. The van der Waals surface area contributed by atoms with E-state index in [0.29, 0.717) is 12.0 Å². The summed E-state index contributed by atoms with van der Waals surface area (Å²) in [6.07, 6.45) is 0.198. The lowest BCUT2D eigenvalue weighted by atomic mass is 10.1. The molecule has 0 radical (unpaired) electrons. The number of hydrogen-bond donors (Lipinski definition) is 1. The van der Waals surface area contributed by atoms with Crippen LogP contribution in [0, 0.1) is 5.92 Å². The van der Waals surface area contributed by atoms with Crippen LogP contribution in [0.1, 0.15) is 27.7 Å². The normalized spacial score (nSPS) is 14.8. The number of hydrogen-bond acceptors (Lipinski definition) is 2. The van der Waals surface area contributed by atoms with E-state index in [-0.39, 0.29) is 6.10 Å². The van der Waals surface area contributed by atoms with E-state index in [1.165, 1.54) is 0 Å². The second-order valence-electron chi connectivity index (χ2n) is 4.68. The number of para-hydroxylation sites is 1. The summed E-state index contributed by atoms with van der Waals surface area (Å²) in [7, 11) is 0. The first-order valence-electron chi connectivity index (χ1n) is 6.04. The highest BCUT2D eigenvalue weighted by atomic mass is 16.5. The van der Waals surface area contributed by atoms with Gasteiger partial charge < -0.3 is 10.1 Å². The molecule has 0 saturated carbocycles. The summed E-state index contributed by atoms with van der Waals surface area (Å²) in [5.41, 5.74) is 0. The van der Waals surface area contributed by atoms with Gasteiger partial charge in [0, 0.05) is 12.6 Å². The minimum absolute atomic E-state index is 0.198. The number of rotatable bonds is 6. The first kappa shape index (κ1) is 13.0. The molecule has 2 heteroatoms. The third-order valence-corrected chi connectivity index (χ3v) is 2.81. The van der Waals surface area contributed by atoms with Crippen LogP contribution in [0.2, 0.25) is 0 Å². The van der Waals surface area contributed by atoms with Crippen molar-refractivity contribution in [2.75, 3.05) is 6.54 Å². The molecule has 2 atom stereocenters. The molecular weight excluding hydrogens is 198 g/mol. The molecule has 16 heavy (non-hydrogen) atoms. The SMILES string of the molecule is CC(CNC(C)C(C)C)Oc1ccccc1. The minimum Gasteiger partial charge on any atom is -0.489 e. The molecule has 0 saturated heterocycles. The van der Waals surface area contributed by atoms with Crippen LogP contribution < -0.4 is 10.1 Å². The monoisotopic (exact) mass is 221 g/mol. The van der Waals surface area contributed by atoms with Gasteiger partial charge in [-0.05, 0) is 31.9 Å². The van der Waals surface area contributed by atoms with Crippen LogP contribution in [0.4, 0.5) is 0 Å². The molecular formula is C14H23NO. The molecule has 1 N–H and O–H groups in total. The molecule has 2 nitrogen and oxygen atoms in total. The van der Waals surface area contributed by atoms with E-state index < -0.39 is 0 Å². The van der Waals surface area contributed by atoms with E-state index in [9.17, 15) is 0 Å². The number of benzene rings is 1. The van der Waals surface area contributed by atoms with Crippen LogP contribution in [0.3, 0.4) is 0 Å². The average molecular weight is 221 g/mol. The fraction of sp³-hybridized carbons (Fsp3) is 0.571. The maximum atomic E-state index is 5.78. The topological polar surface area (TPSA) is 21.3 Å². The predicted octanol–water partition coefficient (Wildman–Crippen LogP) is 3.09. The maximum Gasteiger partial charge on any atom is 0.119 e. The Morgan fingerprint density at radius 3 is 2.25 bits per heavy atom. The van der Waals surface area contributed by atoms with E-state index in [1.54, 1.807) is 0 Å². The van der Waals surface area contributed by atoms with Gasteiger partial charge in [0.25, 0.3) is 0 Å². The van der Waals surface area contributed by atoms with Gasteiger partial charge in [-0.15, -0.1) is 0 Å². The van der Waals surface area contributed by atoms with Crippen LogP contribution in [0.25, 0.3) is 0 Å². The van der Waals surface area contributed by atoms with E-state index in [4.69, 9.17) is 4.74 Å². The zero-order valence-electron chi connectivity index (χ0n) is 10.7. The Labute approximate surface area is 99.0 Å². The molecule has 2 unspecified atom stereocenters. The van der Waals surface area contributed by atoms with E-state index in [0.717, 1.165) is 12.3 Å². The van der Waals surface area contributed by atoms with Gasteiger partial charge in [0.2, 0.25) is 0 Å². The lowest BCUT2D eigenvalue weighted by Crippen LogP contribution is -2.37. The molecule has 0 heterocycles. The first-order chi connectivity index (χ1) is 7.59. The summed E-state index contributed by atoms with van der Waals surface area (Å²) in [5.74, 6) is 1.60. The Hall–Kier alpha value is -1.02. The van der Waals surface area contributed by atoms with Gasteiger partial charge in [-0.3, -0.25) is 0 Å². The van der Waals surface area contributed by atoms with Crippen molar-refractivity contribution >= 4 is 0 Å². The zero-order chi connectivity index (χ0) is 12.0. The second-order valence-corrected chi connectivity index (χ2v) is 4.68. The quantitative estimate of drug-likeness (QED) is 0.797. The maximum absolute atomic E-state index is 5.78. The second kappa shape index (κ2) is 6.54. The summed E-state index contributed by atoms with van der Waals surface area (Å²) in [6, 6.07) is 10.5. The highest BCUT2D eigenvalue weighted by Gasteiger charge is 2.09. The van der Waals surface area contributed by atoms with Crippen LogP contribution in [0.5, 0.6) is 5.75 Å². The molecule has 1 rings (SSSR count). The standard InChI is InChI=1S/C14H23NO/c1-11(2)13(4)15-10-12(3)16-14-8-6-5-7-9-14/h5-9,11-13,15H,10H2,1-4H3. The van der Waals surface area contributed by atoms with Crippen molar-refractivity contribution in [3.05, 3.63) is 30.3 Å². The van der Waals surface area contributed by atoms with Crippen molar-refractivity contribution < 1.29 is 4.74 Å². The van der Waals surface area contributed by atoms with Crippen molar-refractivity contribution in [1.82, 2.24) is 5.32 Å². The highest BCUT2D eigenvalue weighted by molar-refractivity contribution is 5.21. The van der Waals surface area contributed by atoms with Gasteiger partial charge in [-0.1, -0.05) is 32.0 Å². The molecule has 0 amide bonds. The fourth-order valence-electron chi connectivity index (χ4n) is 1.36. The van der Waals surface area contributed by atoms with Crippen molar-refractivity contribution in [3.63, 3.8) is 0 Å². The van der Waals surface area contributed by atoms with Crippen LogP contribution in [-0.2, 0) is 0 Å². The smallest absolute Gasteiger partial charge is 0.119 e. The largest absolute Gasteiger partial charge is 0.489 e. The Kier molecular flexibility index (Phi) is 5.33.